The van der Waals surface area contributed by atoms with Gasteiger partial charge in [0.1, 0.15) is 5.84 Å². The Hall–Kier alpha value is -1.51. The first kappa shape index (κ1) is 11.0. The van der Waals surface area contributed by atoms with Crippen LogP contribution in [-0.4, -0.2) is 26.5 Å². The lowest BCUT2D eigenvalue weighted by Gasteiger charge is -2.15. The summed E-state index contributed by atoms with van der Waals surface area (Å²) in [6.45, 7) is 3.10. The van der Waals surface area contributed by atoms with Gasteiger partial charge >= 0.3 is 0 Å². The average Bonchev–Trinajstić information content (AvgIpc) is 2.73. The lowest BCUT2D eigenvalue weighted by atomic mass is 10.1. The highest BCUT2D eigenvalue weighted by Crippen LogP contribution is 2.22. The van der Waals surface area contributed by atoms with E-state index in [2.05, 4.69) is 54.4 Å². The van der Waals surface area contributed by atoms with Crippen molar-refractivity contribution >= 4 is 17.2 Å². The molecule has 3 heteroatoms. The van der Waals surface area contributed by atoms with E-state index in [1.807, 2.05) is 0 Å². The largest absolute Gasteiger partial charge is 0.378 e. The number of amidine groups is 1. The van der Waals surface area contributed by atoms with Crippen LogP contribution in [0.3, 0.4) is 0 Å². The van der Waals surface area contributed by atoms with Crippen LogP contribution in [0, 0.1) is 6.92 Å². The van der Waals surface area contributed by atoms with Gasteiger partial charge in [-0.05, 0) is 37.1 Å². The second kappa shape index (κ2) is 4.56. The van der Waals surface area contributed by atoms with Crippen LogP contribution in [0.15, 0.2) is 23.2 Å². The Morgan fingerprint density at radius 3 is 2.69 bits per heavy atom. The molecule has 0 amide bonds. The minimum Gasteiger partial charge on any atom is -0.378 e. The highest BCUT2D eigenvalue weighted by atomic mass is 15.1. The number of rotatable bonds is 2. The highest BCUT2D eigenvalue weighted by molar-refractivity contribution is 5.97. The molecule has 1 aromatic carbocycles. The smallest absolute Gasteiger partial charge is 0.101 e. The molecule has 1 aliphatic heterocycles. The lowest BCUT2D eigenvalue weighted by molar-refractivity contribution is 0.951. The highest BCUT2D eigenvalue weighted by Gasteiger charge is 2.08. The van der Waals surface area contributed by atoms with Crippen LogP contribution in [0.5, 0.6) is 0 Å². The van der Waals surface area contributed by atoms with E-state index in [0.717, 1.165) is 18.8 Å². The summed E-state index contributed by atoms with van der Waals surface area (Å²) >= 11 is 0. The number of benzene rings is 1. The van der Waals surface area contributed by atoms with Crippen molar-refractivity contribution in [2.45, 2.75) is 19.8 Å². The summed E-state index contributed by atoms with van der Waals surface area (Å²) in [7, 11) is 4.12. The predicted octanol–water partition coefficient (Wildman–Crippen LogP) is 2.67. The Morgan fingerprint density at radius 2 is 2.12 bits per heavy atom. The normalized spacial score (nSPS) is 14.8. The number of hydrogen-bond donors (Lipinski definition) is 1. The van der Waals surface area contributed by atoms with Gasteiger partial charge in [0.05, 0.1) is 0 Å². The number of aryl methyl sites for hydroxylation is 1. The second-order valence-electron chi connectivity index (χ2n) is 4.45. The summed E-state index contributed by atoms with van der Waals surface area (Å²) in [5.41, 5.74) is 3.67. The van der Waals surface area contributed by atoms with E-state index < -0.39 is 0 Å². The average molecular weight is 217 g/mol. The third kappa shape index (κ3) is 2.35. The number of hydrogen-bond acceptors (Lipinski definition) is 3. The molecule has 0 aromatic heterocycles. The molecule has 0 saturated carbocycles. The Bertz CT molecular complexity index is 408. The summed E-state index contributed by atoms with van der Waals surface area (Å²) in [5, 5.41) is 3.41. The lowest BCUT2D eigenvalue weighted by Crippen LogP contribution is -2.11. The molecular formula is C13H19N3. The third-order valence-electron chi connectivity index (χ3n) is 2.88. The summed E-state index contributed by atoms with van der Waals surface area (Å²) < 4.78 is 0. The van der Waals surface area contributed by atoms with Gasteiger partial charge < -0.3 is 10.2 Å². The first-order valence-electron chi connectivity index (χ1n) is 5.75. The molecule has 2 rings (SSSR count). The van der Waals surface area contributed by atoms with Crippen molar-refractivity contribution in [1.29, 1.82) is 0 Å². The van der Waals surface area contributed by atoms with E-state index >= 15 is 0 Å². The van der Waals surface area contributed by atoms with Gasteiger partial charge in [-0.3, -0.25) is 4.99 Å². The molecule has 3 nitrogen and oxygen atoms in total. The molecular weight excluding hydrogens is 198 g/mol. The maximum atomic E-state index is 4.42. The van der Waals surface area contributed by atoms with Crippen LogP contribution in [-0.2, 0) is 0 Å². The third-order valence-corrected chi connectivity index (χ3v) is 2.88. The van der Waals surface area contributed by atoms with Gasteiger partial charge in [-0.15, -0.1) is 0 Å². The van der Waals surface area contributed by atoms with Crippen molar-refractivity contribution in [2.24, 2.45) is 4.99 Å². The zero-order valence-electron chi connectivity index (χ0n) is 10.2. The van der Waals surface area contributed by atoms with Gasteiger partial charge in [-0.1, -0.05) is 0 Å². The maximum absolute atomic E-state index is 4.42. The maximum Gasteiger partial charge on any atom is 0.101 e. The SMILES string of the molecule is Cc1cc(N(C)C)ccc1NC1=NCCC1. The molecule has 0 atom stereocenters. The van der Waals surface area contributed by atoms with Gasteiger partial charge in [0, 0.05) is 38.4 Å². The van der Waals surface area contributed by atoms with Crippen molar-refractivity contribution < 1.29 is 0 Å². The molecule has 0 spiro atoms. The van der Waals surface area contributed by atoms with Crippen molar-refractivity contribution in [1.82, 2.24) is 0 Å². The van der Waals surface area contributed by atoms with Crippen LogP contribution in [0.1, 0.15) is 18.4 Å². The van der Waals surface area contributed by atoms with Crippen molar-refractivity contribution in [2.75, 3.05) is 30.9 Å². The number of anilines is 2. The zero-order valence-corrected chi connectivity index (χ0v) is 10.2. The second-order valence-corrected chi connectivity index (χ2v) is 4.45. The molecule has 1 heterocycles. The van der Waals surface area contributed by atoms with Gasteiger partial charge in [0.25, 0.3) is 0 Å². The summed E-state index contributed by atoms with van der Waals surface area (Å²) in [5.74, 6) is 1.13. The Kier molecular flexibility index (Phi) is 3.13. The molecule has 86 valence electrons. The van der Waals surface area contributed by atoms with Gasteiger partial charge in [-0.25, -0.2) is 0 Å². The first-order chi connectivity index (χ1) is 7.66. The monoisotopic (exact) mass is 217 g/mol. The summed E-state index contributed by atoms with van der Waals surface area (Å²) in [4.78, 5) is 6.54. The molecule has 0 saturated heterocycles. The molecule has 16 heavy (non-hydrogen) atoms. The number of nitrogens with zero attached hydrogens (tertiary/aromatic N) is 2. The van der Waals surface area contributed by atoms with E-state index in [-0.39, 0.29) is 0 Å². The van der Waals surface area contributed by atoms with E-state index in [4.69, 9.17) is 0 Å². The quantitative estimate of drug-likeness (QED) is 0.824. The Morgan fingerprint density at radius 1 is 1.31 bits per heavy atom. The predicted molar refractivity (Wildman–Crippen MR) is 70.7 cm³/mol. The molecule has 1 aliphatic rings. The summed E-state index contributed by atoms with van der Waals surface area (Å²) in [6.07, 6.45) is 2.26. The van der Waals surface area contributed by atoms with E-state index in [1.54, 1.807) is 0 Å². The first-order valence-corrected chi connectivity index (χ1v) is 5.75. The topological polar surface area (TPSA) is 27.6 Å². The number of nitrogens with one attached hydrogen (secondary N) is 1. The number of aliphatic imine (C=N–C) groups is 1. The van der Waals surface area contributed by atoms with Crippen LogP contribution < -0.4 is 10.2 Å². The van der Waals surface area contributed by atoms with Crippen LogP contribution in [0.2, 0.25) is 0 Å². The van der Waals surface area contributed by atoms with Crippen molar-refractivity contribution in [3.8, 4) is 0 Å². The van der Waals surface area contributed by atoms with E-state index in [0.29, 0.717) is 0 Å². The molecule has 0 fully saturated rings. The van der Waals surface area contributed by atoms with Gasteiger partial charge in [0.2, 0.25) is 0 Å². The molecule has 0 aliphatic carbocycles. The van der Waals surface area contributed by atoms with Crippen LogP contribution in [0.25, 0.3) is 0 Å². The standard InChI is InChI=1S/C13H19N3/c1-10-9-11(16(2)3)6-7-12(10)15-13-5-4-8-14-13/h6-7,9H,4-5,8H2,1-3H3,(H,14,15). The summed E-state index contributed by atoms with van der Waals surface area (Å²) in [6, 6.07) is 6.45. The van der Waals surface area contributed by atoms with E-state index in [9.17, 15) is 0 Å². The molecule has 0 unspecified atom stereocenters. The van der Waals surface area contributed by atoms with E-state index in [1.165, 1.54) is 23.4 Å². The fraction of sp³-hybridized carbons (Fsp3) is 0.462. The minimum atomic E-state index is 0.969. The van der Waals surface area contributed by atoms with Crippen molar-refractivity contribution in [3.05, 3.63) is 23.8 Å². The molecule has 1 N–H and O–H groups in total. The van der Waals surface area contributed by atoms with Crippen LogP contribution in [0.4, 0.5) is 11.4 Å². The zero-order chi connectivity index (χ0) is 11.5. The Labute approximate surface area is 97.2 Å². The van der Waals surface area contributed by atoms with Gasteiger partial charge in [-0.2, -0.15) is 0 Å². The van der Waals surface area contributed by atoms with Gasteiger partial charge in [0.15, 0.2) is 0 Å². The minimum absolute atomic E-state index is 0.969. The fourth-order valence-electron chi connectivity index (χ4n) is 1.86. The Balaban J connectivity index is 2.16. The molecule has 1 aromatic rings. The van der Waals surface area contributed by atoms with Crippen LogP contribution >= 0.6 is 0 Å². The fourth-order valence-corrected chi connectivity index (χ4v) is 1.86. The molecule has 0 radical (unpaired) electrons. The molecule has 0 bridgehead atoms. The van der Waals surface area contributed by atoms with Crippen molar-refractivity contribution in [3.63, 3.8) is 0 Å².